The second-order valence-corrected chi connectivity index (χ2v) is 5.48. The topological polar surface area (TPSA) is 47.0 Å². The van der Waals surface area contributed by atoms with E-state index in [0.717, 1.165) is 16.8 Å². The summed E-state index contributed by atoms with van der Waals surface area (Å²) in [5.74, 6) is -0.0987. The van der Waals surface area contributed by atoms with Gasteiger partial charge < -0.3 is 14.9 Å². The molecule has 1 aromatic rings. The first-order valence-corrected chi connectivity index (χ1v) is 6.97. The van der Waals surface area contributed by atoms with Crippen LogP contribution in [0.3, 0.4) is 0 Å². The van der Waals surface area contributed by atoms with E-state index in [4.69, 9.17) is 17.3 Å². The van der Waals surface area contributed by atoms with Gasteiger partial charge in [-0.3, -0.25) is 9.69 Å². The summed E-state index contributed by atoms with van der Waals surface area (Å²) < 4.78 is 0. The normalized spacial score (nSPS) is 17.1. The van der Waals surface area contributed by atoms with Crippen molar-refractivity contribution < 1.29 is 9.90 Å². The van der Waals surface area contributed by atoms with E-state index in [1.807, 2.05) is 38.2 Å². The molecule has 0 aliphatic carbocycles. The van der Waals surface area contributed by atoms with Crippen molar-refractivity contribution in [1.29, 1.82) is 0 Å². The van der Waals surface area contributed by atoms with Crippen molar-refractivity contribution in [1.82, 2.24) is 9.80 Å². The summed E-state index contributed by atoms with van der Waals surface area (Å²) in [4.78, 5) is 17.1. The van der Waals surface area contributed by atoms with Crippen molar-refractivity contribution in [2.24, 2.45) is 0 Å². The van der Waals surface area contributed by atoms with Crippen molar-refractivity contribution in [3.8, 4) is 0 Å². The number of anilines is 1. The quantitative estimate of drug-likeness (QED) is 0.520. The highest BCUT2D eigenvalue weighted by atomic mass is 32.1. The van der Waals surface area contributed by atoms with Gasteiger partial charge in [-0.2, -0.15) is 0 Å². The Bertz CT molecular complexity index is 627. The molecule has 1 amide bonds. The zero-order chi connectivity index (χ0) is 15.7. The molecule has 0 radical (unpaired) electrons. The molecule has 0 bridgehead atoms. The lowest BCUT2D eigenvalue weighted by Crippen LogP contribution is -2.26. The van der Waals surface area contributed by atoms with Gasteiger partial charge in [0.05, 0.1) is 0 Å². The number of aliphatic hydroxyl groups excluding tert-OH is 1. The fourth-order valence-electron chi connectivity index (χ4n) is 2.18. The maximum absolute atomic E-state index is 12.2. The number of likely N-dealkylation sites (N-methyl/N-ethyl adjacent to an activating group) is 2. The Labute approximate surface area is 130 Å². The van der Waals surface area contributed by atoms with Gasteiger partial charge in [-0.15, -0.1) is 0 Å². The zero-order valence-electron chi connectivity index (χ0n) is 12.6. The Morgan fingerprint density at radius 1 is 1.33 bits per heavy atom. The van der Waals surface area contributed by atoms with E-state index < -0.39 is 0 Å². The molecule has 5 nitrogen and oxygen atoms in total. The highest BCUT2D eigenvalue weighted by Crippen LogP contribution is 2.24. The molecule has 2 rings (SSSR count). The molecule has 0 unspecified atom stereocenters. The molecular weight excluding hydrogens is 286 g/mol. The first kappa shape index (κ1) is 15.5. The lowest BCUT2D eigenvalue weighted by atomic mass is 10.1. The van der Waals surface area contributed by atoms with Crippen molar-refractivity contribution in [2.45, 2.75) is 6.92 Å². The summed E-state index contributed by atoms with van der Waals surface area (Å²) in [7, 11) is 5.28. The van der Waals surface area contributed by atoms with Crippen molar-refractivity contribution in [3.63, 3.8) is 0 Å². The highest BCUT2D eigenvalue weighted by molar-refractivity contribution is 7.80. The molecule has 112 valence electrons. The van der Waals surface area contributed by atoms with E-state index in [0.29, 0.717) is 10.8 Å². The van der Waals surface area contributed by atoms with Gasteiger partial charge in [-0.25, -0.2) is 0 Å². The van der Waals surface area contributed by atoms with Gasteiger partial charge in [0.2, 0.25) is 0 Å². The van der Waals surface area contributed by atoms with Crippen LogP contribution in [-0.2, 0) is 4.79 Å². The van der Waals surface area contributed by atoms with Gasteiger partial charge in [0, 0.05) is 26.8 Å². The number of hydrogen-bond donors (Lipinski definition) is 1. The van der Waals surface area contributed by atoms with Gasteiger partial charge in [-0.1, -0.05) is 6.07 Å². The third kappa shape index (κ3) is 2.77. The Kier molecular flexibility index (Phi) is 4.29. The van der Waals surface area contributed by atoms with Crippen LogP contribution in [0.5, 0.6) is 0 Å². The molecule has 0 aromatic heterocycles. The van der Waals surface area contributed by atoms with E-state index in [9.17, 15) is 4.79 Å². The van der Waals surface area contributed by atoms with Crippen molar-refractivity contribution in [2.75, 3.05) is 32.8 Å². The molecule has 1 aromatic carbocycles. The standard InChI is InChI=1S/C15H19N3O2S/c1-10-7-12(16(2)9-19)6-5-11(10)8-13-14(20)18(4)15(21)17(13)3/h5-8,19H,9H2,1-4H3/b13-8+. The van der Waals surface area contributed by atoms with Crippen molar-refractivity contribution in [3.05, 3.63) is 35.0 Å². The second-order valence-electron chi connectivity index (χ2n) is 5.12. The summed E-state index contributed by atoms with van der Waals surface area (Å²) in [6, 6.07) is 5.83. The van der Waals surface area contributed by atoms with Crippen LogP contribution in [0.1, 0.15) is 11.1 Å². The number of thiocarbonyl (C=S) groups is 1. The Morgan fingerprint density at radius 2 is 2.00 bits per heavy atom. The predicted octanol–water partition coefficient (Wildman–Crippen LogP) is 1.41. The van der Waals surface area contributed by atoms with Crippen LogP contribution in [0.15, 0.2) is 23.9 Å². The minimum Gasteiger partial charge on any atom is -0.376 e. The molecule has 0 spiro atoms. The summed E-state index contributed by atoms with van der Waals surface area (Å²) in [5.41, 5.74) is 3.48. The number of hydrogen-bond acceptors (Lipinski definition) is 4. The molecule has 1 saturated heterocycles. The number of nitrogens with zero attached hydrogens (tertiary/aromatic N) is 3. The lowest BCUT2D eigenvalue weighted by molar-refractivity contribution is -0.121. The van der Waals surface area contributed by atoms with E-state index in [2.05, 4.69) is 0 Å². The number of carbonyl (C=O) groups excluding carboxylic acids is 1. The average Bonchev–Trinajstić information content (AvgIpc) is 2.66. The molecule has 0 saturated carbocycles. The SMILES string of the molecule is Cc1cc(N(C)CO)ccc1/C=C1\C(=O)N(C)C(=S)N1C. The van der Waals surface area contributed by atoms with E-state index in [1.165, 1.54) is 4.90 Å². The second kappa shape index (κ2) is 5.83. The maximum atomic E-state index is 12.2. The molecule has 0 atom stereocenters. The minimum absolute atomic E-state index is 0.0415. The van der Waals surface area contributed by atoms with E-state index in [1.54, 1.807) is 23.9 Å². The number of carbonyl (C=O) groups is 1. The van der Waals surface area contributed by atoms with Gasteiger partial charge in [0.1, 0.15) is 12.4 Å². The Balaban J connectivity index is 2.38. The molecule has 1 aliphatic heterocycles. The lowest BCUT2D eigenvalue weighted by Gasteiger charge is -2.17. The van der Waals surface area contributed by atoms with Gasteiger partial charge in [-0.05, 0) is 48.5 Å². The minimum atomic E-state index is -0.0987. The van der Waals surface area contributed by atoms with Gasteiger partial charge in [0.25, 0.3) is 5.91 Å². The number of aryl methyl sites for hydroxylation is 1. The third-order valence-electron chi connectivity index (χ3n) is 3.66. The van der Waals surface area contributed by atoms with Crippen LogP contribution < -0.4 is 4.90 Å². The average molecular weight is 305 g/mol. The van der Waals surface area contributed by atoms with Crippen molar-refractivity contribution >= 4 is 35.0 Å². The summed E-state index contributed by atoms with van der Waals surface area (Å²) in [5, 5.41) is 9.65. The van der Waals surface area contributed by atoms with Crippen LogP contribution in [0.4, 0.5) is 5.69 Å². The largest absolute Gasteiger partial charge is 0.376 e. The zero-order valence-corrected chi connectivity index (χ0v) is 13.4. The fourth-order valence-corrected chi connectivity index (χ4v) is 2.36. The molecule has 1 N–H and O–H groups in total. The summed E-state index contributed by atoms with van der Waals surface area (Å²) >= 11 is 5.19. The number of benzene rings is 1. The first-order chi connectivity index (χ1) is 9.86. The maximum Gasteiger partial charge on any atom is 0.276 e. The van der Waals surface area contributed by atoms with Crippen LogP contribution in [0.2, 0.25) is 0 Å². The number of rotatable bonds is 3. The van der Waals surface area contributed by atoms with E-state index in [-0.39, 0.29) is 12.6 Å². The van der Waals surface area contributed by atoms with Crippen LogP contribution in [0, 0.1) is 6.92 Å². The monoisotopic (exact) mass is 305 g/mol. The fraction of sp³-hybridized carbons (Fsp3) is 0.333. The Hall–Kier alpha value is -1.92. The highest BCUT2D eigenvalue weighted by Gasteiger charge is 2.32. The molecule has 1 aliphatic rings. The Morgan fingerprint density at radius 3 is 2.48 bits per heavy atom. The number of aliphatic hydroxyl groups is 1. The third-order valence-corrected chi connectivity index (χ3v) is 4.21. The van der Waals surface area contributed by atoms with E-state index >= 15 is 0 Å². The molecule has 21 heavy (non-hydrogen) atoms. The van der Waals surface area contributed by atoms with Crippen LogP contribution in [-0.4, -0.2) is 53.8 Å². The van der Waals surface area contributed by atoms with Gasteiger partial charge in [0.15, 0.2) is 5.11 Å². The molecule has 6 heteroatoms. The summed E-state index contributed by atoms with van der Waals surface area (Å²) in [6.07, 6.45) is 1.84. The smallest absolute Gasteiger partial charge is 0.276 e. The predicted molar refractivity (Wildman–Crippen MR) is 87.8 cm³/mol. The molecule has 1 fully saturated rings. The van der Waals surface area contributed by atoms with Crippen LogP contribution >= 0.6 is 12.2 Å². The molecular formula is C15H19N3O2S. The van der Waals surface area contributed by atoms with Gasteiger partial charge >= 0.3 is 0 Å². The number of amides is 1. The summed E-state index contributed by atoms with van der Waals surface area (Å²) in [6.45, 7) is 1.93. The van der Waals surface area contributed by atoms with Crippen LogP contribution in [0.25, 0.3) is 6.08 Å². The molecule has 1 heterocycles. The first-order valence-electron chi connectivity index (χ1n) is 6.57.